The van der Waals surface area contributed by atoms with Gasteiger partial charge < -0.3 is 15.5 Å². The fraction of sp³-hybridized carbons (Fsp3) is 0.474. The van der Waals surface area contributed by atoms with Gasteiger partial charge in [-0.1, -0.05) is 0 Å². The highest BCUT2D eigenvalue weighted by molar-refractivity contribution is 5.99. The molecule has 0 spiro atoms. The summed E-state index contributed by atoms with van der Waals surface area (Å²) in [5.41, 5.74) is 6.95. The van der Waals surface area contributed by atoms with E-state index in [2.05, 4.69) is 10.2 Å². The van der Waals surface area contributed by atoms with Gasteiger partial charge in [-0.2, -0.15) is 5.10 Å². The Balaban J connectivity index is 1.40. The highest BCUT2D eigenvalue weighted by Gasteiger charge is 2.34. The fourth-order valence-electron chi connectivity index (χ4n) is 4.11. The van der Waals surface area contributed by atoms with E-state index < -0.39 is 0 Å². The van der Waals surface area contributed by atoms with Crippen LogP contribution in [0.25, 0.3) is 10.9 Å². The highest BCUT2D eigenvalue weighted by Crippen LogP contribution is 2.24. The second-order valence-electron chi connectivity index (χ2n) is 7.49. The summed E-state index contributed by atoms with van der Waals surface area (Å²) in [6, 6.07) is 5.73. The molecule has 2 fully saturated rings. The molecular formula is C19H24N6O3. The van der Waals surface area contributed by atoms with Crippen LogP contribution in [0.15, 0.2) is 24.4 Å². The topological polar surface area (TPSA) is 116 Å². The lowest BCUT2D eigenvalue weighted by Gasteiger charge is -2.38. The average molecular weight is 384 g/mol. The number of H-pyrrole nitrogens is 1. The van der Waals surface area contributed by atoms with E-state index in [1.165, 1.54) is 0 Å². The molecule has 0 radical (unpaired) electrons. The molecule has 148 valence electrons. The number of primary amides is 1. The molecule has 3 N–H and O–H groups in total. The Hall–Kier alpha value is -2.94. The minimum Gasteiger partial charge on any atom is -0.369 e. The molecule has 2 aliphatic rings. The number of anilines is 1. The molecule has 0 bridgehead atoms. The van der Waals surface area contributed by atoms with Gasteiger partial charge in [0.2, 0.25) is 17.7 Å². The third-order valence-corrected chi connectivity index (χ3v) is 5.50. The van der Waals surface area contributed by atoms with Crippen LogP contribution in [0.4, 0.5) is 5.69 Å². The summed E-state index contributed by atoms with van der Waals surface area (Å²) < 4.78 is 0. The zero-order valence-corrected chi connectivity index (χ0v) is 15.6. The van der Waals surface area contributed by atoms with Gasteiger partial charge in [-0.3, -0.25) is 24.4 Å². The van der Waals surface area contributed by atoms with Crippen molar-refractivity contribution in [1.29, 1.82) is 0 Å². The van der Waals surface area contributed by atoms with Crippen LogP contribution in [0, 0.1) is 5.92 Å². The number of hydrogen-bond donors (Lipinski definition) is 2. The number of likely N-dealkylation sites (tertiary alicyclic amines) is 1. The quantitative estimate of drug-likeness (QED) is 0.766. The van der Waals surface area contributed by atoms with Gasteiger partial charge in [0.05, 0.1) is 24.2 Å². The Morgan fingerprint density at radius 2 is 2.11 bits per heavy atom. The molecule has 2 aliphatic heterocycles. The van der Waals surface area contributed by atoms with Gasteiger partial charge in [0.15, 0.2) is 0 Å². The standard InChI is InChI=1S/C19H24N6O3/c20-17(26)11-23-5-1-2-14(10-23)19(28)24-6-7-25(18(27)12-24)15-4-3-13-9-21-22-16(13)8-15/h3-4,8-9,14H,1-2,5-7,10-12H2,(H2,20,26)(H,21,22)/t14-/m0/s1. The number of nitrogens with two attached hydrogens (primary N) is 1. The monoisotopic (exact) mass is 384 g/mol. The first-order chi connectivity index (χ1) is 13.5. The molecule has 28 heavy (non-hydrogen) atoms. The Bertz CT molecular complexity index is 910. The van der Waals surface area contributed by atoms with E-state index >= 15 is 0 Å². The number of amides is 3. The number of carbonyl (C=O) groups excluding carboxylic acids is 3. The molecule has 0 unspecified atom stereocenters. The maximum atomic E-state index is 12.9. The minimum atomic E-state index is -0.383. The van der Waals surface area contributed by atoms with E-state index in [1.54, 1.807) is 16.0 Å². The van der Waals surface area contributed by atoms with Gasteiger partial charge >= 0.3 is 0 Å². The molecule has 9 nitrogen and oxygen atoms in total. The van der Waals surface area contributed by atoms with Crippen molar-refractivity contribution in [3.05, 3.63) is 24.4 Å². The zero-order chi connectivity index (χ0) is 19.7. The maximum Gasteiger partial charge on any atom is 0.246 e. The number of aromatic amines is 1. The maximum absolute atomic E-state index is 12.9. The highest BCUT2D eigenvalue weighted by atomic mass is 16.2. The molecule has 2 aromatic rings. The SMILES string of the molecule is NC(=O)CN1CCC[C@H](C(=O)N2CCN(c3ccc4cn[nH]c4c3)C(=O)C2)C1. The predicted molar refractivity (Wildman–Crippen MR) is 103 cm³/mol. The number of piperidine rings is 1. The number of fused-ring (bicyclic) bond motifs is 1. The summed E-state index contributed by atoms with van der Waals surface area (Å²) in [7, 11) is 0. The van der Waals surface area contributed by atoms with Crippen molar-refractivity contribution in [2.75, 3.05) is 44.2 Å². The zero-order valence-electron chi connectivity index (χ0n) is 15.6. The van der Waals surface area contributed by atoms with Crippen molar-refractivity contribution in [2.24, 2.45) is 11.7 Å². The summed E-state index contributed by atoms with van der Waals surface area (Å²) in [5.74, 6) is -0.672. The largest absolute Gasteiger partial charge is 0.369 e. The number of rotatable bonds is 4. The first kappa shape index (κ1) is 18.4. The molecule has 0 aliphatic carbocycles. The minimum absolute atomic E-state index is 0.00816. The number of hydrogen-bond acceptors (Lipinski definition) is 5. The first-order valence-electron chi connectivity index (χ1n) is 9.54. The van der Waals surface area contributed by atoms with Crippen molar-refractivity contribution < 1.29 is 14.4 Å². The summed E-state index contributed by atoms with van der Waals surface area (Å²) in [6.07, 6.45) is 3.37. The van der Waals surface area contributed by atoms with Crippen molar-refractivity contribution >= 4 is 34.3 Å². The second kappa shape index (κ2) is 7.59. The summed E-state index contributed by atoms with van der Waals surface area (Å²) in [4.78, 5) is 42.1. The Kier molecular flexibility index (Phi) is 4.99. The van der Waals surface area contributed by atoms with Crippen LogP contribution in [0.3, 0.4) is 0 Å². The van der Waals surface area contributed by atoms with Crippen molar-refractivity contribution in [1.82, 2.24) is 20.0 Å². The van der Waals surface area contributed by atoms with E-state index in [4.69, 9.17) is 5.73 Å². The molecule has 1 aromatic heterocycles. The summed E-state index contributed by atoms with van der Waals surface area (Å²) in [6.45, 7) is 2.50. The van der Waals surface area contributed by atoms with E-state index in [-0.39, 0.29) is 36.7 Å². The third kappa shape index (κ3) is 3.70. The molecule has 1 atom stereocenters. The van der Waals surface area contributed by atoms with Gasteiger partial charge in [0.25, 0.3) is 0 Å². The van der Waals surface area contributed by atoms with Crippen LogP contribution < -0.4 is 10.6 Å². The van der Waals surface area contributed by atoms with Crippen LogP contribution in [0.2, 0.25) is 0 Å². The van der Waals surface area contributed by atoms with Crippen molar-refractivity contribution in [2.45, 2.75) is 12.8 Å². The average Bonchev–Trinajstić information content (AvgIpc) is 3.15. The number of carbonyl (C=O) groups is 3. The molecule has 2 saturated heterocycles. The van der Waals surface area contributed by atoms with Crippen molar-refractivity contribution in [3.8, 4) is 0 Å². The molecule has 4 rings (SSSR count). The predicted octanol–water partition coefficient (Wildman–Crippen LogP) is -0.0646. The van der Waals surface area contributed by atoms with Crippen LogP contribution in [0.5, 0.6) is 0 Å². The number of nitrogens with zero attached hydrogens (tertiary/aromatic N) is 4. The molecule has 0 saturated carbocycles. The van der Waals surface area contributed by atoms with Crippen LogP contribution >= 0.6 is 0 Å². The Morgan fingerprint density at radius 1 is 1.25 bits per heavy atom. The molecule has 3 heterocycles. The number of benzene rings is 1. The molecule has 1 aromatic carbocycles. The van der Waals surface area contributed by atoms with E-state index in [1.807, 2.05) is 23.1 Å². The lowest BCUT2D eigenvalue weighted by molar-refractivity contribution is -0.142. The number of piperazine rings is 1. The molecule has 9 heteroatoms. The van der Waals surface area contributed by atoms with Gasteiger partial charge in [0, 0.05) is 30.7 Å². The summed E-state index contributed by atoms with van der Waals surface area (Å²) >= 11 is 0. The van der Waals surface area contributed by atoms with Gasteiger partial charge in [0.1, 0.15) is 6.54 Å². The van der Waals surface area contributed by atoms with Crippen molar-refractivity contribution in [3.63, 3.8) is 0 Å². The molecular weight excluding hydrogens is 360 g/mol. The normalized spacial score (nSPS) is 21.3. The Morgan fingerprint density at radius 3 is 2.89 bits per heavy atom. The lowest BCUT2D eigenvalue weighted by Crippen LogP contribution is -2.55. The van der Waals surface area contributed by atoms with E-state index in [0.29, 0.717) is 19.6 Å². The lowest BCUT2D eigenvalue weighted by atomic mass is 9.96. The second-order valence-corrected chi connectivity index (χ2v) is 7.49. The van der Waals surface area contributed by atoms with Gasteiger partial charge in [-0.25, -0.2) is 0 Å². The van der Waals surface area contributed by atoms with Crippen LogP contribution in [0.1, 0.15) is 12.8 Å². The third-order valence-electron chi connectivity index (χ3n) is 5.50. The van der Waals surface area contributed by atoms with Crippen LogP contribution in [-0.4, -0.2) is 77.0 Å². The summed E-state index contributed by atoms with van der Waals surface area (Å²) in [5, 5.41) is 7.90. The Labute approximate surface area is 162 Å². The number of nitrogens with one attached hydrogen (secondary N) is 1. The van der Waals surface area contributed by atoms with Gasteiger partial charge in [-0.15, -0.1) is 0 Å². The van der Waals surface area contributed by atoms with E-state index in [0.717, 1.165) is 36.0 Å². The number of aromatic nitrogens is 2. The first-order valence-corrected chi connectivity index (χ1v) is 9.54. The fourth-order valence-corrected chi connectivity index (χ4v) is 4.11. The molecule has 3 amide bonds. The van der Waals surface area contributed by atoms with Gasteiger partial charge in [-0.05, 0) is 37.6 Å². The van der Waals surface area contributed by atoms with Crippen LogP contribution in [-0.2, 0) is 14.4 Å². The smallest absolute Gasteiger partial charge is 0.246 e. The van der Waals surface area contributed by atoms with E-state index in [9.17, 15) is 14.4 Å².